The lowest BCUT2D eigenvalue weighted by molar-refractivity contribution is -0.135. The van der Waals surface area contributed by atoms with Gasteiger partial charge in [0.15, 0.2) is 0 Å². The number of benzene rings is 2. The van der Waals surface area contributed by atoms with Crippen molar-refractivity contribution in [1.82, 2.24) is 9.91 Å². The number of nitrogens with zero attached hydrogens (tertiary/aromatic N) is 3. The maximum atomic E-state index is 13.2. The lowest BCUT2D eigenvalue weighted by Crippen LogP contribution is -2.43. The van der Waals surface area contributed by atoms with E-state index in [1.165, 1.54) is 5.56 Å². The Kier molecular flexibility index (Phi) is 5.92. The number of carbonyl (C=O) groups excluding carboxylic acids is 1. The molecule has 0 N–H and O–H groups in total. The maximum Gasteiger partial charge on any atom is 0.257 e. The minimum atomic E-state index is -0.0816. The summed E-state index contributed by atoms with van der Waals surface area (Å²) in [6, 6.07) is 16.0. The molecule has 6 heteroatoms. The lowest BCUT2D eigenvalue weighted by atomic mass is 9.95. The van der Waals surface area contributed by atoms with Crippen LogP contribution >= 0.6 is 0 Å². The van der Waals surface area contributed by atoms with Crippen molar-refractivity contribution in [3.63, 3.8) is 0 Å². The molecule has 0 saturated carbocycles. The van der Waals surface area contributed by atoms with Crippen molar-refractivity contribution in [3.8, 4) is 5.75 Å². The van der Waals surface area contributed by atoms with E-state index in [1.807, 2.05) is 36.4 Å². The molecule has 0 aliphatic carbocycles. The monoisotopic (exact) mass is 393 g/mol. The van der Waals surface area contributed by atoms with E-state index in [1.54, 1.807) is 12.1 Å². The Bertz CT molecular complexity index is 888. The molecule has 0 radical (unpaired) electrons. The number of rotatable bonds is 5. The molecular weight excluding hydrogens is 366 g/mol. The lowest BCUT2D eigenvalue weighted by Gasteiger charge is -2.29. The zero-order valence-corrected chi connectivity index (χ0v) is 17.0. The molecule has 0 spiro atoms. The summed E-state index contributed by atoms with van der Waals surface area (Å²) < 4.78 is 10.7. The minimum Gasteiger partial charge on any atom is -0.497 e. The van der Waals surface area contributed by atoms with Gasteiger partial charge in [0.05, 0.1) is 38.6 Å². The molecule has 29 heavy (non-hydrogen) atoms. The number of hydrogen-bond acceptors (Lipinski definition) is 5. The summed E-state index contributed by atoms with van der Waals surface area (Å²) in [6.45, 7) is 5.37. The molecule has 1 unspecified atom stereocenters. The van der Waals surface area contributed by atoms with Gasteiger partial charge in [0.1, 0.15) is 5.75 Å². The van der Waals surface area contributed by atoms with Crippen LogP contribution in [-0.4, -0.2) is 61.5 Å². The quantitative estimate of drug-likeness (QED) is 0.784. The maximum absolute atomic E-state index is 13.2. The summed E-state index contributed by atoms with van der Waals surface area (Å²) in [6.07, 6.45) is 0.700. The predicted octanol–water partition coefficient (Wildman–Crippen LogP) is 3.01. The number of hydrazone groups is 1. The van der Waals surface area contributed by atoms with Crippen LogP contribution in [0.2, 0.25) is 0 Å². The fourth-order valence-electron chi connectivity index (χ4n) is 3.92. The molecule has 2 aromatic carbocycles. The molecule has 152 valence electrons. The fraction of sp³-hybridized carbons (Fsp3) is 0.391. The molecule has 1 atom stereocenters. The van der Waals surface area contributed by atoms with Gasteiger partial charge < -0.3 is 9.47 Å². The first-order valence-electron chi connectivity index (χ1n) is 10.1. The smallest absolute Gasteiger partial charge is 0.257 e. The molecule has 6 nitrogen and oxygen atoms in total. The van der Waals surface area contributed by atoms with Crippen LogP contribution in [-0.2, 0) is 9.53 Å². The Balaban J connectivity index is 1.61. The van der Waals surface area contributed by atoms with E-state index in [2.05, 4.69) is 24.0 Å². The SMILES string of the molecule is COc1ccc(C2=NN(C(=O)CN3CCOCC3)C(c3ccccc3C)C2)cc1. The first-order valence-corrected chi connectivity index (χ1v) is 10.1. The highest BCUT2D eigenvalue weighted by Gasteiger charge is 2.34. The second-order valence-electron chi connectivity index (χ2n) is 7.48. The van der Waals surface area contributed by atoms with Gasteiger partial charge in [-0.15, -0.1) is 0 Å². The van der Waals surface area contributed by atoms with Gasteiger partial charge in [-0.05, 0) is 47.9 Å². The van der Waals surface area contributed by atoms with Crippen molar-refractivity contribution in [2.45, 2.75) is 19.4 Å². The van der Waals surface area contributed by atoms with Gasteiger partial charge in [-0.1, -0.05) is 24.3 Å². The first kappa shape index (κ1) is 19.6. The van der Waals surface area contributed by atoms with Gasteiger partial charge in [-0.2, -0.15) is 5.10 Å². The Morgan fingerprint density at radius 2 is 1.86 bits per heavy atom. The third-order valence-electron chi connectivity index (χ3n) is 5.60. The highest BCUT2D eigenvalue weighted by Crippen LogP contribution is 2.34. The predicted molar refractivity (Wildman–Crippen MR) is 112 cm³/mol. The summed E-state index contributed by atoms with van der Waals surface area (Å²) in [5.74, 6) is 0.840. The summed E-state index contributed by atoms with van der Waals surface area (Å²) in [5, 5.41) is 6.47. The van der Waals surface area contributed by atoms with Gasteiger partial charge in [0.25, 0.3) is 5.91 Å². The highest BCUT2D eigenvalue weighted by atomic mass is 16.5. The van der Waals surface area contributed by atoms with E-state index in [4.69, 9.17) is 14.6 Å². The average molecular weight is 393 g/mol. The van der Waals surface area contributed by atoms with E-state index in [0.717, 1.165) is 35.7 Å². The Morgan fingerprint density at radius 3 is 2.55 bits per heavy atom. The van der Waals surface area contributed by atoms with Gasteiger partial charge in [-0.25, -0.2) is 5.01 Å². The molecule has 0 aromatic heterocycles. The third kappa shape index (κ3) is 4.33. The van der Waals surface area contributed by atoms with Crippen molar-refractivity contribution in [1.29, 1.82) is 0 Å². The zero-order valence-electron chi connectivity index (χ0n) is 17.0. The van der Waals surface area contributed by atoms with Crippen molar-refractivity contribution in [2.75, 3.05) is 40.0 Å². The fourth-order valence-corrected chi connectivity index (χ4v) is 3.92. The molecular formula is C23H27N3O3. The minimum absolute atomic E-state index is 0.0312. The number of amides is 1. The standard InChI is InChI=1S/C23H27N3O3/c1-17-5-3-4-6-20(17)22-15-21(18-7-9-19(28-2)10-8-18)24-26(22)23(27)16-25-11-13-29-14-12-25/h3-10,22H,11-16H2,1-2H3. The molecule has 0 bridgehead atoms. The van der Waals surface area contributed by atoms with Crippen LogP contribution in [0.3, 0.4) is 0 Å². The number of morpholine rings is 1. The topological polar surface area (TPSA) is 54.4 Å². The van der Waals surface area contributed by atoms with E-state index < -0.39 is 0 Å². The van der Waals surface area contributed by atoms with Gasteiger partial charge >= 0.3 is 0 Å². The van der Waals surface area contributed by atoms with Crippen LogP contribution < -0.4 is 4.74 Å². The van der Waals surface area contributed by atoms with E-state index in [-0.39, 0.29) is 11.9 Å². The van der Waals surface area contributed by atoms with Crippen LogP contribution in [0.1, 0.15) is 29.2 Å². The second kappa shape index (κ2) is 8.76. The number of aryl methyl sites for hydroxylation is 1. The molecule has 1 amide bonds. The van der Waals surface area contributed by atoms with Gasteiger partial charge in [-0.3, -0.25) is 9.69 Å². The molecule has 1 saturated heterocycles. The summed E-state index contributed by atoms with van der Waals surface area (Å²) in [5.41, 5.74) is 4.27. The van der Waals surface area contributed by atoms with Crippen LogP contribution in [0.5, 0.6) is 5.75 Å². The number of methoxy groups -OCH3 is 1. The Labute approximate surface area is 171 Å². The highest BCUT2D eigenvalue weighted by molar-refractivity contribution is 6.03. The molecule has 2 aromatic rings. The Hall–Kier alpha value is -2.70. The summed E-state index contributed by atoms with van der Waals surface area (Å²) in [7, 11) is 1.66. The molecule has 4 rings (SSSR count). The van der Waals surface area contributed by atoms with Crippen LogP contribution in [0, 0.1) is 6.92 Å². The van der Waals surface area contributed by atoms with Crippen molar-refractivity contribution in [3.05, 3.63) is 65.2 Å². The van der Waals surface area contributed by atoms with Crippen LogP contribution in [0.15, 0.2) is 53.6 Å². The number of ether oxygens (including phenoxy) is 2. The van der Waals surface area contributed by atoms with Crippen molar-refractivity contribution in [2.24, 2.45) is 5.10 Å². The first-order chi connectivity index (χ1) is 14.2. The molecule has 2 aliphatic rings. The van der Waals surface area contributed by atoms with Crippen LogP contribution in [0.25, 0.3) is 0 Å². The summed E-state index contributed by atoms with van der Waals surface area (Å²) >= 11 is 0. The normalized spacial score (nSPS) is 19.9. The van der Waals surface area contributed by atoms with Gasteiger partial charge in [0.2, 0.25) is 0 Å². The molecule has 2 aliphatic heterocycles. The van der Waals surface area contributed by atoms with E-state index >= 15 is 0 Å². The largest absolute Gasteiger partial charge is 0.497 e. The Morgan fingerprint density at radius 1 is 1.14 bits per heavy atom. The van der Waals surface area contributed by atoms with Crippen molar-refractivity contribution >= 4 is 11.6 Å². The zero-order chi connectivity index (χ0) is 20.2. The molecule has 2 heterocycles. The molecule has 1 fully saturated rings. The second-order valence-corrected chi connectivity index (χ2v) is 7.48. The average Bonchev–Trinajstić information content (AvgIpc) is 3.20. The number of carbonyl (C=O) groups is 1. The van der Waals surface area contributed by atoms with Gasteiger partial charge in [0, 0.05) is 19.5 Å². The van der Waals surface area contributed by atoms with E-state index in [9.17, 15) is 4.79 Å². The number of hydrogen-bond donors (Lipinski definition) is 0. The van der Waals surface area contributed by atoms with Crippen molar-refractivity contribution < 1.29 is 14.3 Å². The third-order valence-corrected chi connectivity index (χ3v) is 5.60. The van der Waals surface area contributed by atoms with Crippen LogP contribution in [0.4, 0.5) is 0 Å². The van der Waals surface area contributed by atoms with E-state index in [0.29, 0.717) is 26.2 Å². The summed E-state index contributed by atoms with van der Waals surface area (Å²) in [4.78, 5) is 15.3.